The summed E-state index contributed by atoms with van der Waals surface area (Å²) >= 11 is 0. The lowest BCUT2D eigenvalue weighted by Gasteiger charge is -2.39. The molecular formula is C14H28N2O. The Bertz CT molecular complexity index is 247. The fraction of sp³-hybridized carbons (Fsp3) is 0.929. The van der Waals surface area contributed by atoms with Gasteiger partial charge in [0, 0.05) is 18.5 Å². The molecule has 3 nitrogen and oxygen atoms in total. The van der Waals surface area contributed by atoms with Crippen molar-refractivity contribution in [1.82, 2.24) is 10.6 Å². The van der Waals surface area contributed by atoms with E-state index in [1.165, 1.54) is 12.8 Å². The van der Waals surface area contributed by atoms with Crippen LogP contribution in [-0.2, 0) is 4.79 Å². The molecule has 1 fully saturated rings. The van der Waals surface area contributed by atoms with Gasteiger partial charge in [-0.3, -0.25) is 4.79 Å². The van der Waals surface area contributed by atoms with Crippen LogP contribution in [0.5, 0.6) is 0 Å². The summed E-state index contributed by atoms with van der Waals surface area (Å²) in [5.41, 5.74) is 0.291. The van der Waals surface area contributed by atoms with Crippen LogP contribution in [0.1, 0.15) is 53.4 Å². The summed E-state index contributed by atoms with van der Waals surface area (Å²) < 4.78 is 0. The third-order valence-corrected chi connectivity index (χ3v) is 4.17. The van der Waals surface area contributed by atoms with Crippen LogP contribution in [-0.4, -0.2) is 25.0 Å². The van der Waals surface area contributed by atoms with Gasteiger partial charge >= 0.3 is 0 Å². The monoisotopic (exact) mass is 240 g/mol. The highest BCUT2D eigenvalue weighted by Gasteiger charge is 2.32. The van der Waals surface area contributed by atoms with Crippen molar-refractivity contribution < 1.29 is 4.79 Å². The minimum atomic E-state index is 0.182. The van der Waals surface area contributed by atoms with Gasteiger partial charge in [0.25, 0.3) is 0 Å². The van der Waals surface area contributed by atoms with Crippen LogP contribution in [0.15, 0.2) is 0 Å². The van der Waals surface area contributed by atoms with Gasteiger partial charge in [0.15, 0.2) is 0 Å². The lowest BCUT2D eigenvalue weighted by atomic mass is 9.77. The van der Waals surface area contributed by atoms with E-state index >= 15 is 0 Å². The number of rotatable bonds is 5. The molecule has 17 heavy (non-hydrogen) atoms. The quantitative estimate of drug-likeness (QED) is 0.774. The lowest BCUT2D eigenvalue weighted by Crippen LogP contribution is -2.53. The Balaban J connectivity index is 2.41. The van der Waals surface area contributed by atoms with Crippen LogP contribution in [0.3, 0.4) is 0 Å². The third-order valence-electron chi connectivity index (χ3n) is 4.17. The van der Waals surface area contributed by atoms with E-state index in [1.807, 2.05) is 0 Å². The number of piperidine rings is 1. The molecule has 1 atom stereocenters. The zero-order valence-corrected chi connectivity index (χ0v) is 11.8. The molecule has 0 aromatic carbocycles. The van der Waals surface area contributed by atoms with E-state index < -0.39 is 0 Å². The first-order chi connectivity index (χ1) is 8.01. The summed E-state index contributed by atoms with van der Waals surface area (Å²) in [4.78, 5) is 11.9. The maximum Gasteiger partial charge on any atom is 0.223 e. The standard InChI is InChI=1S/C14H28N2O/c1-5-11(6-2)13(17)16-10-12-14(3,4)8-7-9-15-12/h11-12,15H,5-10H2,1-4H3,(H,16,17). The Kier molecular flexibility index (Phi) is 5.44. The van der Waals surface area contributed by atoms with Gasteiger partial charge in [-0.25, -0.2) is 0 Å². The first kappa shape index (κ1) is 14.5. The normalized spacial score (nSPS) is 23.7. The van der Waals surface area contributed by atoms with Crippen molar-refractivity contribution in [3.05, 3.63) is 0 Å². The van der Waals surface area contributed by atoms with E-state index in [2.05, 4.69) is 38.3 Å². The van der Waals surface area contributed by atoms with Crippen LogP contribution in [0, 0.1) is 11.3 Å². The van der Waals surface area contributed by atoms with Gasteiger partial charge in [0.1, 0.15) is 0 Å². The summed E-state index contributed by atoms with van der Waals surface area (Å²) in [6.45, 7) is 10.6. The number of hydrogen-bond acceptors (Lipinski definition) is 2. The average Bonchev–Trinajstić information content (AvgIpc) is 2.28. The maximum absolute atomic E-state index is 11.9. The molecule has 2 N–H and O–H groups in total. The van der Waals surface area contributed by atoms with E-state index in [1.54, 1.807) is 0 Å². The van der Waals surface area contributed by atoms with Crippen LogP contribution in [0.2, 0.25) is 0 Å². The van der Waals surface area contributed by atoms with Crippen LogP contribution in [0.25, 0.3) is 0 Å². The molecule has 0 radical (unpaired) electrons. The Morgan fingerprint density at radius 3 is 2.59 bits per heavy atom. The third kappa shape index (κ3) is 3.98. The molecule has 0 spiro atoms. The van der Waals surface area contributed by atoms with Crippen molar-refractivity contribution >= 4 is 5.91 Å². The van der Waals surface area contributed by atoms with Gasteiger partial charge in [0.05, 0.1) is 0 Å². The number of carbonyl (C=O) groups is 1. The molecule has 1 aliphatic heterocycles. The Morgan fingerprint density at radius 2 is 2.06 bits per heavy atom. The second-order valence-electron chi connectivity index (χ2n) is 5.86. The molecule has 3 heteroatoms. The highest BCUT2D eigenvalue weighted by atomic mass is 16.1. The van der Waals surface area contributed by atoms with Crippen molar-refractivity contribution in [2.45, 2.75) is 59.4 Å². The van der Waals surface area contributed by atoms with Gasteiger partial charge in [-0.15, -0.1) is 0 Å². The summed E-state index contributed by atoms with van der Waals surface area (Å²) in [5, 5.41) is 6.63. The molecule has 0 bridgehead atoms. The first-order valence-electron chi connectivity index (χ1n) is 7.02. The molecule has 1 amide bonds. The first-order valence-corrected chi connectivity index (χ1v) is 7.02. The van der Waals surface area contributed by atoms with Gasteiger partial charge in [-0.1, -0.05) is 27.7 Å². The minimum Gasteiger partial charge on any atom is -0.354 e. The van der Waals surface area contributed by atoms with Crippen molar-refractivity contribution in [2.24, 2.45) is 11.3 Å². The fourth-order valence-electron chi connectivity index (χ4n) is 2.63. The molecular weight excluding hydrogens is 212 g/mol. The van der Waals surface area contributed by atoms with Crippen LogP contribution >= 0.6 is 0 Å². The molecule has 1 aliphatic rings. The minimum absolute atomic E-state index is 0.182. The predicted octanol–water partition coefficient (Wildman–Crippen LogP) is 2.32. The van der Waals surface area contributed by atoms with Crippen molar-refractivity contribution in [2.75, 3.05) is 13.1 Å². The SMILES string of the molecule is CCC(CC)C(=O)NCC1NCCCC1(C)C. The number of amides is 1. The largest absolute Gasteiger partial charge is 0.354 e. The molecule has 0 aliphatic carbocycles. The van der Waals surface area contributed by atoms with Crippen molar-refractivity contribution in [3.63, 3.8) is 0 Å². The molecule has 1 heterocycles. The van der Waals surface area contributed by atoms with E-state index in [0.717, 1.165) is 25.9 Å². The molecule has 0 saturated carbocycles. The van der Waals surface area contributed by atoms with Gasteiger partial charge < -0.3 is 10.6 Å². The Morgan fingerprint density at radius 1 is 1.41 bits per heavy atom. The van der Waals surface area contributed by atoms with Crippen LogP contribution < -0.4 is 10.6 Å². The summed E-state index contributed by atoms with van der Waals surface area (Å²) in [6.07, 6.45) is 4.35. The van der Waals surface area contributed by atoms with Crippen molar-refractivity contribution in [1.29, 1.82) is 0 Å². The topological polar surface area (TPSA) is 41.1 Å². The summed E-state index contributed by atoms with van der Waals surface area (Å²) in [5.74, 6) is 0.403. The molecule has 0 aromatic heterocycles. The zero-order chi connectivity index (χ0) is 12.9. The predicted molar refractivity (Wildman–Crippen MR) is 71.9 cm³/mol. The lowest BCUT2D eigenvalue weighted by molar-refractivity contribution is -0.125. The smallest absolute Gasteiger partial charge is 0.223 e. The highest BCUT2D eigenvalue weighted by Crippen LogP contribution is 2.29. The molecule has 1 unspecified atom stereocenters. The molecule has 0 aromatic rings. The highest BCUT2D eigenvalue weighted by molar-refractivity contribution is 5.78. The Hall–Kier alpha value is -0.570. The van der Waals surface area contributed by atoms with E-state index in [0.29, 0.717) is 11.5 Å². The second-order valence-corrected chi connectivity index (χ2v) is 5.86. The van der Waals surface area contributed by atoms with Gasteiger partial charge in [0.2, 0.25) is 5.91 Å². The van der Waals surface area contributed by atoms with Crippen molar-refractivity contribution in [3.8, 4) is 0 Å². The summed E-state index contributed by atoms with van der Waals surface area (Å²) in [6, 6.07) is 0.412. The fourth-order valence-corrected chi connectivity index (χ4v) is 2.63. The Labute approximate surface area is 106 Å². The second kappa shape index (κ2) is 6.39. The van der Waals surface area contributed by atoms with E-state index in [9.17, 15) is 4.79 Å². The van der Waals surface area contributed by atoms with E-state index in [4.69, 9.17) is 0 Å². The van der Waals surface area contributed by atoms with Gasteiger partial charge in [-0.2, -0.15) is 0 Å². The average molecular weight is 240 g/mol. The number of carbonyl (C=O) groups excluding carboxylic acids is 1. The molecule has 1 saturated heterocycles. The zero-order valence-electron chi connectivity index (χ0n) is 11.8. The van der Waals surface area contributed by atoms with Gasteiger partial charge in [-0.05, 0) is 37.6 Å². The molecule has 100 valence electrons. The molecule has 1 rings (SSSR count). The number of nitrogens with one attached hydrogen (secondary N) is 2. The van der Waals surface area contributed by atoms with E-state index in [-0.39, 0.29) is 11.8 Å². The number of hydrogen-bond donors (Lipinski definition) is 2. The summed E-state index contributed by atoms with van der Waals surface area (Å²) in [7, 11) is 0. The maximum atomic E-state index is 11.9. The van der Waals surface area contributed by atoms with Crippen LogP contribution in [0.4, 0.5) is 0 Å².